The molecule has 0 bridgehead atoms. The molecular formula is C12H18ClFN2O. The maximum absolute atomic E-state index is 13.5. The summed E-state index contributed by atoms with van der Waals surface area (Å²) in [4.78, 5) is 0. The highest BCUT2D eigenvalue weighted by Crippen LogP contribution is 2.17. The Kier molecular flexibility index (Phi) is 5.85. The van der Waals surface area contributed by atoms with Crippen LogP contribution in [0.15, 0.2) is 18.2 Å². The lowest BCUT2D eigenvalue weighted by Gasteiger charge is -2.23. The predicted molar refractivity (Wildman–Crippen MR) is 67.3 cm³/mol. The molecule has 3 nitrogen and oxygen atoms in total. The molecule has 5 heteroatoms. The fourth-order valence-electron chi connectivity index (χ4n) is 1.68. The molecule has 1 rings (SSSR count). The number of nitrogens with one attached hydrogen (secondary N) is 1. The van der Waals surface area contributed by atoms with E-state index in [1.54, 1.807) is 6.07 Å². The lowest BCUT2D eigenvalue weighted by molar-refractivity contribution is 0.0474. The lowest BCUT2D eigenvalue weighted by Crippen LogP contribution is -2.45. The van der Waals surface area contributed by atoms with Crippen LogP contribution in [0.3, 0.4) is 0 Å². The molecule has 0 aliphatic carbocycles. The zero-order valence-electron chi connectivity index (χ0n) is 10.0. The molecule has 0 fully saturated rings. The SMILES string of the molecule is CCOC(C)C(Cc1cc(Cl)ccc1F)NN. The van der Waals surface area contributed by atoms with Crippen molar-refractivity contribution in [3.8, 4) is 0 Å². The Morgan fingerprint density at radius 2 is 2.24 bits per heavy atom. The molecule has 17 heavy (non-hydrogen) atoms. The zero-order valence-corrected chi connectivity index (χ0v) is 10.8. The molecule has 0 aliphatic rings. The van der Waals surface area contributed by atoms with Gasteiger partial charge >= 0.3 is 0 Å². The van der Waals surface area contributed by atoms with Crippen molar-refractivity contribution in [2.45, 2.75) is 32.4 Å². The van der Waals surface area contributed by atoms with E-state index in [1.807, 2.05) is 13.8 Å². The van der Waals surface area contributed by atoms with Crippen LogP contribution in [-0.4, -0.2) is 18.8 Å². The van der Waals surface area contributed by atoms with Gasteiger partial charge in [-0.2, -0.15) is 0 Å². The Labute approximate surface area is 106 Å². The van der Waals surface area contributed by atoms with E-state index in [2.05, 4.69) is 5.43 Å². The van der Waals surface area contributed by atoms with E-state index in [0.29, 0.717) is 23.6 Å². The second-order valence-corrected chi connectivity index (χ2v) is 4.31. The molecule has 1 aromatic rings. The number of hydrogen-bond donors (Lipinski definition) is 2. The normalized spacial score (nSPS) is 14.6. The first-order chi connectivity index (χ1) is 8.08. The minimum Gasteiger partial charge on any atom is -0.377 e. The van der Waals surface area contributed by atoms with Crippen molar-refractivity contribution in [2.75, 3.05) is 6.61 Å². The van der Waals surface area contributed by atoms with E-state index in [-0.39, 0.29) is 18.0 Å². The number of benzene rings is 1. The Morgan fingerprint density at radius 3 is 2.82 bits per heavy atom. The molecule has 0 spiro atoms. The summed E-state index contributed by atoms with van der Waals surface area (Å²) < 4.78 is 19.0. The van der Waals surface area contributed by atoms with Crippen molar-refractivity contribution in [2.24, 2.45) is 5.84 Å². The quantitative estimate of drug-likeness (QED) is 0.609. The van der Waals surface area contributed by atoms with Crippen LogP contribution in [0.25, 0.3) is 0 Å². The first-order valence-corrected chi connectivity index (χ1v) is 5.98. The third-order valence-electron chi connectivity index (χ3n) is 2.66. The van der Waals surface area contributed by atoms with Crippen molar-refractivity contribution in [3.63, 3.8) is 0 Å². The molecule has 0 saturated heterocycles. The van der Waals surface area contributed by atoms with Crippen LogP contribution in [0.2, 0.25) is 5.02 Å². The highest BCUT2D eigenvalue weighted by atomic mass is 35.5. The Balaban J connectivity index is 2.76. The van der Waals surface area contributed by atoms with Crippen LogP contribution in [0.4, 0.5) is 4.39 Å². The van der Waals surface area contributed by atoms with E-state index in [9.17, 15) is 4.39 Å². The van der Waals surface area contributed by atoms with Crippen LogP contribution < -0.4 is 11.3 Å². The molecule has 0 heterocycles. The molecule has 2 atom stereocenters. The van der Waals surface area contributed by atoms with Crippen LogP contribution in [0.5, 0.6) is 0 Å². The fourth-order valence-corrected chi connectivity index (χ4v) is 1.87. The zero-order chi connectivity index (χ0) is 12.8. The van der Waals surface area contributed by atoms with Gasteiger partial charge in [0.15, 0.2) is 0 Å². The maximum atomic E-state index is 13.5. The second-order valence-electron chi connectivity index (χ2n) is 3.87. The number of nitrogens with two attached hydrogens (primary N) is 1. The smallest absolute Gasteiger partial charge is 0.126 e. The first-order valence-electron chi connectivity index (χ1n) is 5.60. The molecule has 0 saturated carbocycles. The number of hydrazine groups is 1. The van der Waals surface area contributed by atoms with Gasteiger partial charge in [-0.3, -0.25) is 11.3 Å². The number of rotatable bonds is 6. The summed E-state index contributed by atoms with van der Waals surface area (Å²) in [5.74, 6) is 5.18. The van der Waals surface area contributed by atoms with Crippen molar-refractivity contribution < 1.29 is 9.13 Å². The number of ether oxygens (including phenoxy) is 1. The minimum atomic E-state index is -0.279. The third kappa shape index (κ3) is 4.24. The third-order valence-corrected chi connectivity index (χ3v) is 2.89. The molecule has 2 unspecified atom stereocenters. The van der Waals surface area contributed by atoms with Crippen molar-refractivity contribution >= 4 is 11.6 Å². The molecule has 0 amide bonds. The maximum Gasteiger partial charge on any atom is 0.126 e. The standard InChI is InChI=1S/C12H18ClFN2O/c1-3-17-8(2)12(16-15)7-9-6-10(13)4-5-11(9)14/h4-6,8,12,16H,3,7,15H2,1-2H3. The summed E-state index contributed by atoms with van der Waals surface area (Å²) in [6.07, 6.45) is 0.340. The van der Waals surface area contributed by atoms with Gasteiger partial charge in [-0.1, -0.05) is 11.6 Å². The van der Waals surface area contributed by atoms with Gasteiger partial charge in [-0.25, -0.2) is 4.39 Å². The Morgan fingerprint density at radius 1 is 1.53 bits per heavy atom. The van der Waals surface area contributed by atoms with E-state index >= 15 is 0 Å². The molecule has 3 N–H and O–H groups in total. The molecule has 0 aromatic heterocycles. The molecular weight excluding hydrogens is 243 g/mol. The Hall–Kier alpha value is -0.680. The average molecular weight is 261 g/mol. The summed E-state index contributed by atoms with van der Waals surface area (Å²) in [5.41, 5.74) is 3.18. The molecule has 1 aromatic carbocycles. The van der Waals surface area contributed by atoms with Gasteiger partial charge in [0.25, 0.3) is 0 Å². The monoisotopic (exact) mass is 260 g/mol. The van der Waals surface area contributed by atoms with Crippen LogP contribution in [0, 0.1) is 5.82 Å². The van der Waals surface area contributed by atoms with Crippen LogP contribution in [-0.2, 0) is 11.2 Å². The highest BCUT2D eigenvalue weighted by Gasteiger charge is 2.18. The highest BCUT2D eigenvalue weighted by molar-refractivity contribution is 6.30. The fraction of sp³-hybridized carbons (Fsp3) is 0.500. The van der Waals surface area contributed by atoms with E-state index in [4.69, 9.17) is 22.2 Å². The van der Waals surface area contributed by atoms with Crippen molar-refractivity contribution in [1.29, 1.82) is 0 Å². The number of hydrogen-bond acceptors (Lipinski definition) is 3. The summed E-state index contributed by atoms with van der Waals surface area (Å²) >= 11 is 5.83. The van der Waals surface area contributed by atoms with Gasteiger partial charge in [0, 0.05) is 11.6 Å². The van der Waals surface area contributed by atoms with Crippen molar-refractivity contribution in [3.05, 3.63) is 34.6 Å². The second kappa shape index (κ2) is 6.91. The van der Waals surface area contributed by atoms with Gasteiger partial charge < -0.3 is 4.74 Å². The number of halogens is 2. The minimum absolute atomic E-state index is 0.0941. The topological polar surface area (TPSA) is 47.3 Å². The lowest BCUT2D eigenvalue weighted by atomic mass is 10.0. The van der Waals surface area contributed by atoms with Gasteiger partial charge in [0.1, 0.15) is 5.82 Å². The van der Waals surface area contributed by atoms with Crippen LogP contribution in [0.1, 0.15) is 19.4 Å². The first kappa shape index (κ1) is 14.4. The van der Waals surface area contributed by atoms with Gasteiger partial charge in [0.2, 0.25) is 0 Å². The summed E-state index contributed by atoms with van der Waals surface area (Å²) in [6.45, 7) is 4.40. The molecule has 96 valence electrons. The summed E-state index contributed by atoms with van der Waals surface area (Å²) in [5, 5.41) is 0.515. The van der Waals surface area contributed by atoms with Gasteiger partial charge in [-0.15, -0.1) is 0 Å². The Bertz CT molecular complexity index is 362. The summed E-state index contributed by atoms with van der Waals surface area (Å²) in [7, 11) is 0. The average Bonchev–Trinajstić information content (AvgIpc) is 2.30. The summed E-state index contributed by atoms with van der Waals surface area (Å²) in [6, 6.07) is 4.34. The van der Waals surface area contributed by atoms with Gasteiger partial charge in [-0.05, 0) is 44.0 Å². The predicted octanol–water partition coefficient (Wildman–Crippen LogP) is 2.28. The van der Waals surface area contributed by atoms with E-state index < -0.39 is 0 Å². The molecule has 0 radical (unpaired) electrons. The molecule has 0 aliphatic heterocycles. The van der Waals surface area contributed by atoms with E-state index in [1.165, 1.54) is 12.1 Å². The van der Waals surface area contributed by atoms with Crippen LogP contribution >= 0.6 is 11.6 Å². The van der Waals surface area contributed by atoms with E-state index in [0.717, 1.165) is 0 Å². The largest absolute Gasteiger partial charge is 0.377 e. The van der Waals surface area contributed by atoms with Crippen molar-refractivity contribution in [1.82, 2.24) is 5.43 Å². The van der Waals surface area contributed by atoms with Gasteiger partial charge in [0.05, 0.1) is 12.1 Å².